The summed E-state index contributed by atoms with van der Waals surface area (Å²) < 4.78 is 18.4. The maximum absolute atomic E-state index is 13.0. The minimum atomic E-state index is -0.299. The number of hydrogen-bond acceptors (Lipinski definition) is 3. The molecule has 25 heavy (non-hydrogen) atoms. The number of amides is 2. The number of piperidine rings is 1. The molecule has 0 saturated carbocycles. The maximum atomic E-state index is 13.0. The molecular weight excluding hydrogens is 323 g/mol. The van der Waals surface area contributed by atoms with Crippen molar-refractivity contribution < 1.29 is 13.9 Å². The fourth-order valence-electron chi connectivity index (χ4n) is 3.19. The number of urea groups is 1. The average molecular weight is 346 g/mol. The standard InChI is InChI=1S/C18H23FN4O2/c1-25-17(14-2-4-15(19)5-3-14)12-20-18(24)23-10-7-13(8-11-23)16-6-9-21-22-16/h2-6,9,13,17H,7-8,10-12H2,1H3,(H,20,24)(H,21,22)/t17-/m1/s1. The van der Waals surface area contributed by atoms with E-state index in [1.807, 2.05) is 11.0 Å². The van der Waals surface area contributed by atoms with Crippen molar-refractivity contribution in [1.82, 2.24) is 20.4 Å². The second kappa shape index (κ2) is 8.11. The molecule has 0 unspecified atom stereocenters. The number of rotatable bonds is 5. The van der Waals surface area contributed by atoms with Crippen LogP contribution < -0.4 is 5.32 Å². The fraction of sp³-hybridized carbons (Fsp3) is 0.444. The summed E-state index contributed by atoms with van der Waals surface area (Å²) in [6.45, 7) is 1.77. The van der Waals surface area contributed by atoms with Gasteiger partial charge in [0.2, 0.25) is 0 Å². The zero-order chi connectivity index (χ0) is 17.6. The van der Waals surface area contributed by atoms with Crippen LogP contribution in [0.4, 0.5) is 9.18 Å². The molecule has 1 fully saturated rings. The fourth-order valence-corrected chi connectivity index (χ4v) is 3.19. The molecule has 6 nitrogen and oxygen atoms in total. The predicted molar refractivity (Wildman–Crippen MR) is 91.7 cm³/mol. The summed E-state index contributed by atoms with van der Waals surface area (Å²) in [6, 6.07) is 8.03. The molecule has 0 bridgehead atoms. The molecule has 2 N–H and O–H groups in total. The third-order valence-electron chi connectivity index (χ3n) is 4.71. The van der Waals surface area contributed by atoms with E-state index in [4.69, 9.17) is 4.74 Å². The van der Waals surface area contributed by atoms with Gasteiger partial charge in [-0.25, -0.2) is 9.18 Å². The summed E-state index contributed by atoms with van der Waals surface area (Å²) >= 11 is 0. The van der Waals surface area contributed by atoms with Gasteiger partial charge in [-0.1, -0.05) is 12.1 Å². The molecule has 1 aliphatic rings. The Bertz CT molecular complexity index is 667. The summed E-state index contributed by atoms with van der Waals surface area (Å²) in [7, 11) is 1.58. The number of nitrogens with zero attached hydrogens (tertiary/aromatic N) is 2. The molecule has 0 aliphatic carbocycles. The number of aromatic amines is 1. The third-order valence-corrected chi connectivity index (χ3v) is 4.71. The van der Waals surface area contributed by atoms with E-state index in [0.717, 1.165) is 24.1 Å². The Morgan fingerprint density at radius 1 is 1.36 bits per heavy atom. The number of carbonyl (C=O) groups excluding carboxylic acids is 1. The molecule has 3 rings (SSSR count). The van der Waals surface area contributed by atoms with Crippen molar-refractivity contribution in [3.8, 4) is 0 Å². The van der Waals surface area contributed by atoms with Gasteiger partial charge in [0, 0.05) is 44.6 Å². The Kier molecular flexibility index (Phi) is 5.65. The second-order valence-corrected chi connectivity index (χ2v) is 6.24. The van der Waals surface area contributed by atoms with Crippen LogP contribution in [-0.4, -0.2) is 47.9 Å². The van der Waals surface area contributed by atoms with Crippen LogP contribution in [0, 0.1) is 5.82 Å². The van der Waals surface area contributed by atoms with Gasteiger partial charge in [0.15, 0.2) is 0 Å². The van der Waals surface area contributed by atoms with Crippen molar-refractivity contribution >= 4 is 6.03 Å². The van der Waals surface area contributed by atoms with Crippen molar-refractivity contribution in [1.29, 1.82) is 0 Å². The summed E-state index contributed by atoms with van der Waals surface area (Å²) in [5.74, 6) is 0.139. The number of benzene rings is 1. The van der Waals surface area contributed by atoms with Gasteiger partial charge in [-0.15, -0.1) is 0 Å². The van der Waals surface area contributed by atoms with Crippen LogP contribution in [0.15, 0.2) is 36.5 Å². The van der Waals surface area contributed by atoms with E-state index in [-0.39, 0.29) is 18.0 Å². The SMILES string of the molecule is CO[C@H](CNC(=O)N1CCC(c2ccn[nH]2)CC1)c1ccc(F)cc1. The number of halogens is 1. The van der Waals surface area contributed by atoms with Crippen LogP contribution in [-0.2, 0) is 4.74 Å². The van der Waals surface area contributed by atoms with Crippen molar-refractivity contribution in [2.45, 2.75) is 24.9 Å². The first kappa shape index (κ1) is 17.4. The van der Waals surface area contributed by atoms with Crippen LogP contribution in [0.3, 0.4) is 0 Å². The van der Waals surface area contributed by atoms with Crippen molar-refractivity contribution in [3.05, 3.63) is 53.6 Å². The molecule has 134 valence electrons. The maximum Gasteiger partial charge on any atom is 0.317 e. The molecule has 2 aromatic rings. The van der Waals surface area contributed by atoms with E-state index >= 15 is 0 Å². The number of aromatic nitrogens is 2. The molecule has 7 heteroatoms. The Hall–Kier alpha value is -2.41. The minimum Gasteiger partial charge on any atom is -0.375 e. The molecule has 2 heterocycles. The highest BCUT2D eigenvalue weighted by Gasteiger charge is 2.25. The van der Waals surface area contributed by atoms with Crippen molar-refractivity contribution in [3.63, 3.8) is 0 Å². The van der Waals surface area contributed by atoms with Gasteiger partial charge in [-0.2, -0.15) is 5.10 Å². The molecule has 1 saturated heterocycles. The lowest BCUT2D eigenvalue weighted by atomic mass is 9.94. The van der Waals surface area contributed by atoms with Crippen LogP contribution in [0.25, 0.3) is 0 Å². The Morgan fingerprint density at radius 2 is 2.08 bits per heavy atom. The highest BCUT2D eigenvalue weighted by Crippen LogP contribution is 2.26. The first-order chi connectivity index (χ1) is 12.2. The van der Waals surface area contributed by atoms with Gasteiger partial charge in [0.1, 0.15) is 5.82 Å². The zero-order valence-electron chi connectivity index (χ0n) is 14.2. The van der Waals surface area contributed by atoms with Gasteiger partial charge < -0.3 is 15.0 Å². The lowest BCUT2D eigenvalue weighted by Crippen LogP contribution is -2.45. The van der Waals surface area contributed by atoms with Crippen LogP contribution in [0.2, 0.25) is 0 Å². The van der Waals surface area contributed by atoms with E-state index in [2.05, 4.69) is 15.5 Å². The highest BCUT2D eigenvalue weighted by atomic mass is 19.1. The van der Waals surface area contributed by atoms with E-state index < -0.39 is 0 Å². The number of hydrogen-bond donors (Lipinski definition) is 2. The van der Waals surface area contributed by atoms with Crippen molar-refractivity contribution in [2.75, 3.05) is 26.7 Å². The zero-order valence-corrected chi connectivity index (χ0v) is 14.2. The Labute approximate surface area is 146 Å². The summed E-state index contributed by atoms with van der Waals surface area (Å²) in [4.78, 5) is 14.2. The number of nitrogens with one attached hydrogen (secondary N) is 2. The monoisotopic (exact) mass is 346 g/mol. The van der Waals surface area contributed by atoms with Gasteiger partial charge in [0.25, 0.3) is 0 Å². The molecular formula is C18H23FN4O2. The summed E-state index contributed by atoms with van der Waals surface area (Å²) in [5.41, 5.74) is 1.97. The van der Waals surface area contributed by atoms with E-state index in [9.17, 15) is 9.18 Å². The average Bonchev–Trinajstić information content (AvgIpc) is 3.18. The first-order valence-electron chi connectivity index (χ1n) is 8.47. The molecule has 0 radical (unpaired) electrons. The van der Waals surface area contributed by atoms with Crippen LogP contribution >= 0.6 is 0 Å². The van der Waals surface area contributed by atoms with E-state index in [1.165, 1.54) is 12.1 Å². The minimum absolute atomic E-state index is 0.0905. The Morgan fingerprint density at radius 3 is 2.68 bits per heavy atom. The number of ether oxygens (including phenoxy) is 1. The van der Waals surface area contributed by atoms with E-state index in [1.54, 1.807) is 25.4 Å². The second-order valence-electron chi connectivity index (χ2n) is 6.24. The largest absolute Gasteiger partial charge is 0.375 e. The summed E-state index contributed by atoms with van der Waals surface area (Å²) in [5, 5.41) is 9.91. The molecule has 1 aliphatic heterocycles. The number of methoxy groups -OCH3 is 1. The van der Waals surface area contributed by atoms with Crippen molar-refractivity contribution in [2.24, 2.45) is 0 Å². The normalized spacial score (nSPS) is 16.6. The molecule has 2 amide bonds. The predicted octanol–water partition coefficient (Wildman–Crippen LogP) is 2.83. The topological polar surface area (TPSA) is 70.2 Å². The molecule has 1 atom stereocenters. The third kappa shape index (κ3) is 4.36. The van der Waals surface area contributed by atoms with Gasteiger partial charge in [0.05, 0.1) is 6.10 Å². The molecule has 1 aromatic carbocycles. The lowest BCUT2D eigenvalue weighted by molar-refractivity contribution is 0.100. The Balaban J connectivity index is 1.48. The van der Waals surface area contributed by atoms with Gasteiger partial charge in [-0.3, -0.25) is 5.10 Å². The molecule has 0 spiro atoms. The van der Waals surface area contributed by atoms with Gasteiger partial charge >= 0.3 is 6.03 Å². The number of H-pyrrole nitrogens is 1. The lowest BCUT2D eigenvalue weighted by Gasteiger charge is -2.32. The first-order valence-corrected chi connectivity index (χ1v) is 8.47. The van der Waals surface area contributed by atoms with Crippen LogP contribution in [0.1, 0.15) is 36.1 Å². The molecule has 1 aromatic heterocycles. The van der Waals surface area contributed by atoms with Gasteiger partial charge in [-0.05, 0) is 36.6 Å². The number of likely N-dealkylation sites (tertiary alicyclic amines) is 1. The quantitative estimate of drug-likeness (QED) is 0.875. The van der Waals surface area contributed by atoms with Crippen LogP contribution in [0.5, 0.6) is 0 Å². The smallest absolute Gasteiger partial charge is 0.317 e. The van der Waals surface area contributed by atoms with E-state index in [0.29, 0.717) is 25.6 Å². The summed E-state index contributed by atoms with van der Waals surface area (Å²) in [6.07, 6.45) is 3.30. The number of carbonyl (C=O) groups is 1. The highest BCUT2D eigenvalue weighted by molar-refractivity contribution is 5.74.